The molecule has 2 heterocycles. The molecule has 1 aromatic rings. The highest BCUT2D eigenvalue weighted by molar-refractivity contribution is 5.64. The van der Waals surface area contributed by atoms with Gasteiger partial charge in [-0.25, -0.2) is 4.79 Å². The molecule has 2 aliphatic rings. The highest BCUT2D eigenvalue weighted by Crippen LogP contribution is 2.24. The van der Waals surface area contributed by atoms with Crippen molar-refractivity contribution in [1.29, 1.82) is 5.26 Å². The fourth-order valence-corrected chi connectivity index (χ4v) is 4.72. The summed E-state index contributed by atoms with van der Waals surface area (Å²) in [7, 11) is 0. The standard InChI is InChI=1S/C25H38N4O4/c1-25(2,3)23(27-24(30)31)6-4-11-28-15-21-17-29(18-22(16-28)33-21)12-5-13-32-20-9-7-19(14-26)8-10-20/h7-10,21-23,27H,4-6,11-13,15-18H2,1-3H3,(H,30,31). The third-order valence-electron chi connectivity index (χ3n) is 6.41. The summed E-state index contributed by atoms with van der Waals surface area (Å²) in [5.41, 5.74) is 0.548. The summed E-state index contributed by atoms with van der Waals surface area (Å²) < 4.78 is 12.0. The molecule has 0 aliphatic carbocycles. The number of nitrogens with one attached hydrogen (secondary N) is 1. The summed E-state index contributed by atoms with van der Waals surface area (Å²) in [6.45, 7) is 12.6. The molecule has 0 radical (unpaired) electrons. The molecular formula is C25H38N4O4. The van der Waals surface area contributed by atoms with Crippen LogP contribution in [0.2, 0.25) is 0 Å². The summed E-state index contributed by atoms with van der Waals surface area (Å²) in [6, 6.07) is 9.30. The minimum Gasteiger partial charge on any atom is -0.494 e. The van der Waals surface area contributed by atoms with Gasteiger partial charge in [0.1, 0.15) is 5.75 Å². The second kappa shape index (κ2) is 11.7. The lowest BCUT2D eigenvalue weighted by atomic mass is 9.84. The van der Waals surface area contributed by atoms with E-state index in [-0.39, 0.29) is 23.7 Å². The second-order valence-electron chi connectivity index (χ2n) is 10.2. The first kappa shape index (κ1) is 25.3. The molecule has 3 rings (SSSR count). The van der Waals surface area contributed by atoms with Crippen LogP contribution in [0.15, 0.2) is 24.3 Å². The lowest BCUT2D eigenvalue weighted by Crippen LogP contribution is -2.59. The van der Waals surface area contributed by atoms with Crippen molar-refractivity contribution < 1.29 is 19.4 Å². The van der Waals surface area contributed by atoms with E-state index in [2.05, 4.69) is 42.0 Å². The molecule has 2 bridgehead atoms. The molecule has 3 atom stereocenters. The Kier molecular flexibility index (Phi) is 8.95. The van der Waals surface area contributed by atoms with E-state index in [9.17, 15) is 4.79 Å². The molecule has 2 fully saturated rings. The number of carbonyl (C=O) groups is 1. The number of rotatable bonds is 10. The van der Waals surface area contributed by atoms with Crippen molar-refractivity contribution in [3.05, 3.63) is 29.8 Å². The normalized spacial score (nSPS) is 22.4. The molecule has 1 amide bonds. The summed E-state index contributed by atoms with van der Waals surface area (Å²) in [6.07, 6.45) is 2.28. The zero-order valence-corrected chi connectivity index (χ0v) is 20.1. The Balaban J connectivity index is 1.34. The van der Waals surface area contributed by atoms with Gasteiger partial charge in [0.25, 0.3) is 0 Å². The third kappa shape index (κ3) is 8.18. The maximum absolute atomic E-state index is 11.1. The lowest BCUT2D eigenvalue weighted by molar-refractivity contribution is -0.138. The van der Waals surface area contributed by atoms with Crippen molar-refractivity contribution in [2.45, 2.75) is 58.3 Å². The molecule has 0 aromatic heterocycles. The topological polar surface area (TPSA) is 98.1 Å². The monoisotopic (exact) mass is 458 g/mol. The predicted molar refractivity (Wildman–Crippen MR) is 126 cm³/mol. The number of nitriles is 1. The van der Waals surface area contributed by atoms with Gasteiger partial charge in [-0.3, -0.25) is 9.80 Å². The number of hydrogen-bond acceptors (Lipinski definition) is 6. The van der Waals surface area contributed by atoms with Crippen LogP contribution in [0.3, 0.4) is 0 Å². The Hall–Kier alpha value is -2.34. The zero-order valence-electron chi connectivity index (χ0n) is 20.1. The van der Waals surface area contributed by atoms with Crippen molar-refractivity contribution in [3.63, 3.8) is 0 Å². The van der Waals surface area contributed by atoms with Crippen molar-refractivity contribution in [2.75, 3.05) is 45.9 Å². The number of carboxylic acid groups (broad SMARTS) is 1. The minimum atomic E-state index is -0.946. The highest BCUT2D eigenvalue weighted by Gasteiger charge is 2.34. The van der Waals surface area contributed by atoms with Crippen LogP contribution in [-0.2, 0) is 4.74 Å². The van der Waals surface area contributed by atoms with Crippen LogP contribution in [0.5, 0.6) is 5.75 Å². The summed E-state index contributed by atoms with van der Waals surface area (Å²) in [4.78, 5) is 16.1. The zero-order chi connectivity index (χ0) is 23.8. The molecule has 33 heavy (non-hydrogen) atoms. The predicted octanol–water partition coefficient (Wildman–Crippen LogP) is 3.17. The molecule has 8 nitrogen and oxygen atoms in total. The first-order valence-electron chi connectivity index (χ1n) is 12.0. The van der Waals surface area contributed by atoms with Gasteiger partial charge in [0.2, 0.25) is 0 Å². The van der Waals surface area contributed by atoms with Gasteiger partial charge in [-0.1, -0.05) is 20.8 Å². The summed E-state index contributed by atoms with van der Waals surface area (Å²) >= 11 is 0. The van der Waals surface area contributed by atoms with E-state index in [0.717, 1.165) is 64.3 Å². The van der Waals surface area contributed by atoms with Crippen LogP contribution in [0, 0.1) is 16.7 Å². The molecule has 8 heteroatoms. The number of hydrogen-bond donors (Lipinski definition) is 2. The summed E-state index contributed by atoms with van der Waals surface area (Å²) in [5, 5.41) is 20.7. The molecule has 2 saturated heterocycles. The van der Waals surface area contributed by atoms with Crippen LogP contribution in [0.1, 0.15) is 45.6 Å². The highest BCUT2D eigenvalue weighted by atomic mass is 16.5. The first-order valence-corrected chi connectivity index (χ1v) is 12.0. The van der Waals surface area contributed by atoms with Crippen LogP contribution in [0.25, 0.3) is 0 Å². The Morgan fingerprint density at radius 1 is 1.15 bits per heavy atom. The summed E-state index contributed by atoms with van der Waals surface area (Å²) in [5.74, 6) is 0.802. The van der Waals surface area contributed by atoms with Crippen molar-refractivity contribution in [3.8, 4) is 11.8 Å². The lowest BCUT2D eigenvalue weighted by Gasteiger charge is -2.46. The average Bonchev–Trinajstić information content (AvgIpc) is 2.75. The molecule has 3 unspecified atom stereocenters. The van der Waals surface area contributed by atoms with Gasteiger partial charge >= 0.3 is 6.09 Å². The molecule has 2 N–H and O–H groups in total. The average molecular weight is 459 g/mol. The second-order valence-corrected chi connectivity index (χ2v) is 10.2. The molecule has 1 aromatic carbocycles. The quantitative estimate of drug-likeness (QED) is 0.520. The van der Waals surface area contributed by atoms with Crippen molar-refractivity contribution in [2.24, 2.45) is 5.41 Å². The Morgan fingerprint density at radius 3 is 2.24 bits per heavy atom. The number of ether oxygens (including phenoxy) is 2. The van der Waals surface area contributed by atoms with Gasteiger partial charge < -0.3 is 19.9 Å². The molecule has 2 aliphatic heterocycles. The number of benzene rings is 1. The third-order valence-corrected chi connectivity index (χ3v) is 6.41. The van der Waals surface area contributed by atoms with Crippen LogP contribution in [0.4, 0.5) is 4.79 Å². The molecule has 182 valence electrons. The van der Waals surface area contributed by atoms with Gasteiger partial charge in [-0.05, 0) is 55.5 Å². The molecular weight excluding hydrogens is 420 g/mol. The Bertz CT molecular complexity index is 788. The molecule has 0 saturated carbocycles. The van der Waals surface area contributed by atoms with Crippen molar-refractivity contribution in [1.82, 2.24) is 15.1 Å². The van der Waals surface area contributed by atoms with E-state index in [1.807, 2.05) is 12.1 Å². The number of fused-ring (bicyclic) bond motifs is 2. The van der Waals surface area contributed by atoms with E-state index in [1.54, 1.807) is 12.1 Å². The van der Waals surface area contributed by atoms with E-state index < -0.39 is 6.09 Å². The smallest absolute Gasteiger partial charge is 0.404 e. The largest absolute Gasteiger partial charge is 0.494 e. The van der Waals surface area contributed by atoms with E-state index in [4.69, 9.17) is 19.8 Å². The van der Waals surface area contributed by atoms with E-state index >= 15 is 0 Å². The van der Waals surface area contributed by atoms with E-state index in [0.29, 0.717) is 12.2 Å². The SMILES string of the molecule is CC(C)(C)C(CCCN1CC2CN(CCCOc3ccc(C#N)cc3)CC(C1)O2)NC(=O)O. The maximum atomic E-state index is 11.1. The maximum Gasteiger partial charge on any atom is 0.404 e. The van der Waals surface area contributed by atoms with Crippen LogP contribution < -0.4 is 10.1 Å². The van der Waals surface area contributed by atoms with Gasteiger partial charge in [-0.15, -0.1) is 0 Å². The fourth-order valence-electron chi connectivity index (χ4n) is 4.72. The van der Waals surface area contributed by atoms with Gasteiger partial charge in [-0.2, -0.15) is 5.26 Å². The van der Waals surface area contributed by atoms with Gasteiger partial charge in [0.15, 0.2) is 0 Å². The fraction of sp³-hybridized carbons (Fsp3) is 0.680. The van der Waals surface area contributed by atoms with E-state index in [1.165, 1.54) is 0 Å². The Labute approximate surface area is 197 Å². The Morgan fingerprint density at radius 2 is 1.73 bits per heavy atom. The van der Waals surface area contributed by atoms with Crippen molar-refractivity contribution >= 4 is 6.09 Å². The van der Waals surface area contributed by atoms with Gasteiger partial charge in [0.05, 0.1) is 30.4 Å². The van der Waals surface area contributed by atoms with Crippen LogP contribution >= 0.6 is 0 Å². The number of amides is 1. The minimum absolute atomic E-state index is 0.0440. The number of morpholine rings is 2. The van der Waals surface area contributed by atoms with Crippen LogP contribution in [-0.4, -0.2) is 85.1 Å². The van der Waals surface area contributed by atoms with Gasteiger partial charge in [0, 0.05) is 38.8 Å². The number of nitrogens with zero attached hydrogens (tertiary/aromatic N) is 3. The molecule has 0 spiro atoms. The first-order chi connectivity index (χ1) is 15.7.